The summed E-state index contributed by atoms with van der Waals surface area (Å²) in [5.41, 5.74) is 2.89. The highest BCUT2D eigenvalue weighted by molar-refractivity contribution is 5.76. The molecule has 2 aromatic heterocycles. The molecule has 1 unspecified atom stereocenters. The molecule has 31 heavy (non-hydrogen) atoms. The summed E-state index contributed by atoms with van der Waals surface area (Å²) in [5.74, 6) is 0.331. The molecule has 1 fully saturated rings. The minimum Gasteiger partial charge on any atom is -0.464 e. The van der Waals surface area contributed by atoms with Gasteiger partial charge in [0.25, 0.3) is 0 Å². The summed E-state index contributed by atoms with van der Waals surface area (Å²) in [6, 6.07) is 15.5. The molecule has 6 heteroatoms. The first kappa shape index (κ1) is 19.7. The maximum atomic E-state index is 13.2. The molecule has 1 aliphatic heterocycles. The molecule has 0 saturated carbocycles. The molecule has 0 spiro atoms. The molecule has 0 amide bonds. The Balaban J connectivity index is 1.44. The quantitative estimate of drug-likeness (QED) is 0.425. The molecule has 5 rings (SSSR count). The first-order valence-electron chi connectivity index (χ1n) is 10.6. The number of likely N-dealkylation sites (tertiary alicyclic amines) is 1. The van der Waals surface area contributed by atoms with Gasteiger partial charge in [-0.25, -0.2) is 4.39 Å². The van der Waals surface area contributed by atoms with Gasteiger partial charge >= 0.3 is 0 Å². The summed E-state index contributed by atoms with van der Waals surface area (Å²) >= 11 is 0. The van der Waals surface area contributed by atoms with Crippen LogP contribution in [0, 0.1) is 5.82 Å². The Morgan fingerprint density at radius 1 is 1.06 bits per heavy atom. The van der Waals surface area contributed by atoms with Gasteiger partial charge in [0.1, 0.15) is 17.1 Å². The van der Waals surface area contributed by atoms with Crippen LogP contribution in [0.25, 0.3) is 22.3 Å². The molecule has 158 valence electrons. The van der Waals surface area contributed by atoms with E-state index in [1.165, 1.54) is 12.1 Å². The summed E-state index contributed by atoms with van der Waals surface area (Å²) in [6.45, 7) is 1.37. The minimum atomic E-state index is -0.285. The lowest BCUT2D eigenvalue weighted by Gasteiger charge is -2.28. The standard InChI is InChI=1S/C25H23FN2O3/c26-19-11-9-17(10-12-19)24-14-21(27-31-24)22-7-2-1-5-13-28(22)15-18-16-30-23-8-4-3-6-20(23)25(18)29/h3-4,6,8-12,14,16,22H,1-2,5,7,13,15H2. The first-order chi connectivity index (χ1) is 15.2. The van der Waals surface area contributed by atoms with E-state index in [0.29, 0.717) is 28.8 Å². The highest BCUT2D eigenvalue weighted by atomic mass is 19.1. The van der Waals surface area contributed by atoms with Crippen LogP contribution in [0.15, 0.2) is 74.6 Å². The number of hydrogen-bond donors (Lipinski definition) is 0. The van der Waals surface area contributed by atoms with E-state index in [1.54, 1.807) is 24.5 Å². The zero-order valence-corrected chi connectivity index (χ0v) is 17.1. The largest absolute Gasteiger partial charge is 0.464 e. The Bertz CT molecular complexity index is 1250. The van der Waals surface area contributed by atoms with Crippen molar-refractivity contribution in [3.8, 4) is 11.3 Å². The van der Waals surface area contributed by atoms with Crippen molar-refractivity contribution in [3.63, 3.8) is 0 Å². The number of rotatable bonds is 4. The second-order valence-electron chi connectivity index (χ2n) is 8.04. The number of nitrogens with zero attached hydrogens (tertiary/aromatic N) is 2. The second kappa shape index (κ2) is 8.47. The fourth-order valence-electron chi connectivity index (χ4n) is 4.33. The molecule has 1 atom stereocenters. The van der Waals surface area contributed by atoms with Gasteiger partial charge in [0, 0.05) is 23.7 Å². The first-order valence-corrected chi connectivity index (χ1v) is 10.6. The maximum absolute atomic E-state index is 13.2. The van der Waals surface area contributed by atoms with E-state index in [0.717, 1.165) is 43.5 Å². The van der Waals surface area contributed by atoms with Crippen LogP contribution in [0.5, 0.6) is 0 Å². The van der Waals surface area contributed by atoms with Crippen LogP contribution in [0.2, 0.25) is 0 Å². The Kier molecular flexibility index (Phi) is 5.38. The van der Waals surface area contributed by atoms with Crippen molar-refractivity contribution in [1.29, 1.82) is 0 Å². The van der Waals surface area contributed by atoms with Gasteiger partial charge in [-0.1, -0.05) is 30.1 Å². The van der Waals surface area contributed by atoms with Crippen LogP contribution >= 0.6 is 0 Å². The fourth-order valence-corrected chi connectivity index (χ4v) is 4.33. The fraction of sp³-hybridized carbons (Fsp3) is 0.280. The topological polar surface area (TPSA) is 59.5 Å². The summed E-state index contributed by atoms with van der Waals surface area (Å²) < 4.78 is 24.5. The number of hydrogen-bond acceptors (Lipinski definition) is 5. The minimum absolute atomic E-state index is 0.0111. The zero-order valence-electron chi connectivity index (χ0n) is 17.1. The normalized spacial score (nSPS) is 17.6. The van der Waals surface area contributed by atoms with Gasteiger partial charge in [-0.15, -0.1) is 0 Å². The van der Waals surface area contributed by atoms with Gasteiger partial charge in [0.15, 0.2) is 11.2 Å². The Labute approximate surface area is 179 Å². The molecule has 0 bridgehead atoms. The van der Waals surface area contributed by atoms with Crippen LogP contribution in [0.4, 0.5) is 4.39 Å². The summed E-state index contributed by atoms with van der Waals surface area (Å²) in [4.78, 5) is 15.3. The monoisotopic (exact) mass is 418 g/mol. The Morgan fingerprint density at radius 3 is 2.77 bits per heavy atom. The van der Waals surface area contributed by atoms with Gasteiger partial charge in [0.2, 0.25) is 0 Å². The molecule has 0 N–H and O–H groups in total. The highest BCUT2D eigenvalue weighted by Gasteiger charge is 2.27. The lowest BCUT2D eigenvalue weighted by Crippen LogP contribution is -2.30. The number of aromatic nitrogens is 1. The van der Waals surface area contributed by atoms with Crippen LogP contribution in [0.1, 0.15) is 43.0 Å². The summed E-state index contributed by atoms with van der Waals surface area (Å²) in [7, 11) is 0. The molecule has 4 aromatic rings. The lowest BCUT2D eigenvalue weighted by atomic mass is 10.0. The third-order valence-corrected chi connectivity index (χ3v) is 5.99. The Morgan fingerprint density at radius 2 is 1.90 bits per heavy atom. The van der Waals surface area contributed by atoms with Crippen LogP contribution in [0.3, 0.4) is 0 Å². The van der Waals surface area contributed by atoms with Gasteiger partial charge in [-0.2, -0.15) is 0 Å². The van der Waals surface area contributed by atoms with E-state index in [-0.39, 0.29) is 17.3 Å². The maximum Gasteiger partial charge on any atom is 0.197 e. The van der Waals surface area contributed by atoms with E-state index in [4.69, 9.17) is 8.94 Å². The molecule has 2 aromatic carbocycles. The van der Waals surface area contributed by atoms with Crippen molar-refractivity contribution in [2.45, 2.75) is 38.3 Å². The molecule has 1 saturated heterocycles. The van der Waals surface area contributed by atoms with Crippen LogP contribution < -0.4 is 5.43 Å². The third-order valence-electron chi connectivity index (χ3n) is 5.99. The second-order valence-corrected chi connectivity index (χ2v) is 8.04. The van der Waals surface area contributed by atoms with E-state index >= 15 is 0 Å². The van der Waals surface area contributed by atoms with Crippen molar-refractivity contribution in [3.05, 3.63) is 88.2 Å². The van der Waals surface area contributed by atoms with E-state index in [1.807, 2.05) is 24.3 Å². The predicted molar refractivity (Wildman–Crippen MR) is 116 cm³/mol. The molecule has 3 heterocycles. The van der Waals surface area contributed by atoms with Crippen molar-refractivity contribution in [1.82, 2.24) is 10.1 Å². The zero-order chi connectivity index (χ0) is 21.2. The van der Waals surface area contributed by atoms with Crippen LogP contribution in [-0.4, -0.2) is 16.6 Å². The Hall–Kier alpha value is -3.25. The number of para-hydroxylation sites is 1. The lowest BCUT2D eigenvalue weighted by molar-refractivity contribution is 0.182. The number of halogens is 1. The molecule has 0 radical (unpaired) electrons. The average molecular weight is 418 g/mol. The molecule has 1 aliphatic rings. The average Bonchev–Trinajstić information content (AvgIpc) is 3.16. The van der Waals surface area contributed by atoms with E-state index in [2.05, 4.69) is 10.1 Å². The van der Waals surface area contributed by atoms with Crippen molar-refractivity contribution < 1.29 is 13.3 Å². The molecular weight excluding hydrogens is 395 g/mol. The van der Waals surface area contributed by atoms with E-state index in [9.17, 15) is 9.18 Å². The van der Waals surface area contributed by atoms with Gasteiger partial charge in [0.05, 0.1) is 17.7 Å². The summed E-state index contributed by atoms with van der Waals surface area (Å²) in [5, 5.41) is 4.94. The predicted octanol–water partition coefficient (Wildman–Crippen LogP) is 5.70. The van der Waals surface area contributed by atoms with Crippen molar-refractivity contribution >= 4 is 11.0 Å². The van der Waals surface area contributed by atoms with Crippen molar-refractivity contribution in [2.24, 2.45) is 0 Å². The van der Waals surface area contributed by atoms with Gasteiger partial charge in [-0.3, -0.25) is 9.69 Å². The van der Waals surface area contributed by atoms with Crippen LogP contribution in [-0.2, 0) is 6.54 Å². The van der Waals surface area contributed by atoms with Gasteiger partial charge < -0.3 is 8.94 Å². The molecule has 5 nitrogen and oxygen atoms in total. The van der Waals surface area contributed by atoms with Crippen molar-refractivity contribution in [2.75, 3.05) is 6.54 Å². The third kappa shape index (κ3) is 4.03. The van der Waals surface area contributed by atoms with E-state index < -0.39 is 0 Å². The number of benzene rings is 2. The summed E-state index contributed by atoms with van der Waals surface area (Å²) in [6.07, 6.45) is 5.82. The highest BCUT2D eigenvalue weighted by Crippen LogP contribution is 2.33. The number of fused-ring (bicyclic) bond motifs is 1. The smallest absolute Gasteiger partial charge is 0.197 e. The molecular formula is C25H23FN2O3. The SMILES string of the molecule is O=c1c(CN2CCCCCC2c2cc(-c3ccc(F)cc3)on2)coc2ccccc12. The van der Waals surface area contributed by atoms with Gasteiger partial charge in [-0.05, 0) is 55.8 Å². The molecule has 0 aliphatic carbocycles.